The van der Waals surface area contributed by atoms with Crippen molar-refractivity contribution in [3.05, 3.63) is 52.8 Å². The second-order valence-corrected chi connectivity index (χ2v) is 5.05. The maximum atomic E-state index is 5.74. The highest BCUT2D eigenvalue weighted by atomic mass is 32.1. The summed E-state index contributed by atoms with van der Waals surface area (Å²) in [6, 6.07) is 8.00. The van der Waals surface area contributed by atoms with Crippen LogP contribution >= 0.6 is 11.5 Å². The standard InChI is InChI=1S/C13H13N5S/c1-8-13(19-18-17-8)12(16-14)10-4-2-3-9-5-6-15-7-11(9)10/h2-7,12,16H,14H2,1H3. The molecule has 2 heterocycles. The van der Waals surface area contributed by atoms with Crippen molar-refractivity contribution in [1.82, 2.24) is 20.0 Å². The summed E-state index contributed by atoms with van der Waals surface area (Å²) in [5.41, 5.74) is 4.84. The van der Waals surface area contributed by atoms with E-state index < -0.39 is 0 Å². The van der Waals surface area contributed by atoms with E-state index >= 15 is 0 Å². The molecule has 0 radical (unpaired) electrons. The van der Waals surface area contributed by atoms with Gasteiger partial charge in [-0.05, 0) is 35.5 Å². The summed E-state index contributed by atoms with van der Waals surface area (Å²) < 4.78 is 3.98. The number of hydrogen-bond acceptors (Lipinski definition) is 6. The van der Waals surface area contributed by atoms with Crippen molar-refractivity contribution >= 4 is 22.3 Å². The van der Waals surface area contributed by atoms with Gasteiger partial charge in [0.05, 0.1) is 16.6 Å². The van der Waals surface area contributed by atoms with Crippen LogP contribution in [0, 0.1) is 6.92 Å². The molecule has 96 valence electrons. The zero-order chi connectivity index (χ0) is 13.2. The first-order valence-corrected chi connectivity index (χ1v) is 6.66. The molecule has 0 fully saturated rings. The Labute approximate surface area is 114 Å². The quantitative estimate of drug-likeness (QED) is 0.562. The zero-order valence-electron chi connectivity index (χ0n) is 10.4. The third kappa shape index (κ3) is 2.10. The number of aromatic nitrogens is 3. The predicted octanol–water partition coefficient (Wildman–Crippen LogP) is 1.95. The van der Waals surface area contributed by atoms with Crippen LogP contribution in [0.5, 0.6) is 0 Å². The van der Waals surface area contributed by atoms with E-state index in [-0.39, 0.29) is 6.04 Å². The summed E-state index contributed by atoms with van der Waals surface area (Å²) in [4.78, 5) is 5.22. The van der Waals surface area contributed by atoms with Gasteiger partial charge in [-0.15, -0.1) is 5.10 Å². The molecule has 0 aliphatic carbocycles. The van der Waals surface area contributed by atoms with Crippen molar-refractivity contribution in [2.45, 2.75) is 13.0 Å². The molecular formula is C13H13N5S. The van der Waals surface area contributed by atoms with Gasteiger partial charge in [-0.1, -0.05) is 22.7 Å². The number of nitrogens with zero attached hydrogens (tertiary/aromatic N) is 3. The van der Waals surface area contributed by atoms with Crippen LogP contribution in [0.25, 0.3) is 10.8 Å². The molecule has 1 unspecified atom stereocenters. The van der Waals surface area contributed by atoms with Crippen LogP contribution in [0.15, 0.2) is 36.7 Å². The summed E-state index contributed by atoms with van der Waals surface area (Å²) in [7, 11) is 0. The number of rotatable bonds is 3. The monoisotopic (exact) mass is 271 g/mol. The smallest absolute Gasteiger partial charge is 0.0844 e. The highest BCUT2D eigenvalue weighted by Crippen LogP contribution is 2.30. The number of fused-ring (bicyclic) bond motifs is 1. The number of benzene rings is 1. The van der Waals surface area contributed by atoms with Gasteiger partial charge in [-0.2, -0.15) is 0 Å². The summed E-state index contributed by atoms with van der Waals surface area (Å²) >= 11 is 1.36. The molecule has 19 heavy (non-hydrogen) atoms. The first-order chi connectivity index (χ1) is 9.31. The minimum Gasteiger partial charge on any atom is -0.271 e. The largest absolute Gasteiger partial charge is 0.271 e. The van der Waals surface area contributed by atoms with Crippen molar-refractivity contribution in [2.75, 3.05) is 0 Å². The molecule has 0 saturated heterocycles. The Hall–Kier alpha value is -1.89. The molecule has 0 bridgehead atoms. The van der Waals surface area contributed by atoms with Crippen LogP contribution in [0.2, 0.25) is 0 Å². The fraction of sp³-hybridized carbons (Fsp3) is 0.154. The van der Waals surface area contributed by atoms with E-state index in [1.165, 1.54) is 11.5 Å². The SMILES string of the molecule is Cc1nnsc1C(NN)c1cccc2ccncc12. The molecule has 6 heteroatoms. The van der Waals surface area contributed by atoms with E-state index in [4.69, 9.17) is 5.84 Å². The summed E-state index contributed by atoms with van der Waals surface area (Å²) in [6.45, 7) is 1.94. The number of pyridine rings is 1. The lowest BCUT2D eigenvalue weighted by molar-refractivity contribution is 0.646. The first-order valence-electron chi connectivity index (χ1n) is 5.89. The van der Waals surface area contributed by atoms with Crippen molar-refractivity contribution in [3.63, 3.8) is 0 Å². The second kappa shape index (κ2) is 5.00. The van der Waals surface area contributed by atoms with Crippen LogP contribution in [-0.2, 0) is 0 Å². The molecule has 1 aromatic carbocycles. The lowest BCUT2D eigenvalue weighted by atomic mass is 9.99. The fourth-order valence-corrected chi connectivity index (χ4v) is 2.92. The Kier molecular flexibility index (Phi) is 3.20. The van der Waals surface area contributed by atoms with Crippen LogP contribution in [-0.4, -0.2) is 14.6 Å². The fourth-order valence-electron chi connectivity index (χ4n) is 2.20. The van der Waals surface area contributed by atoms with Gasteiger partial charge in [-0.25, -0.2) is 5.43 Å². The number of hydrazine groups is 1. The maximum Gasteiger partial charge on any atom is 0.0844 e. The molecule has 0 aliphatic rings. The van der Waals surface area contributed by atoms with Crippen LogP contribution in [0.1, 0.15) is 22.2 Å². The molecule has 5 nitrogen and oxygen atoms in total. The first kappa shape index (κ1) is 12.2. The van der Waals surface area contributed by atoms with Gasteiger partial charge in [0, 0.05) is 17.8 Å². The lowest BCUT2D eigenvalue weighted by Crippen LogP contribution is -2.28. The van der Waals surface area contributed by atoms with Gasteiger partial charge in [0.15, 0.2) is 0 Å². The third-order valence-corrected chi connectivity index (χ3v) is 4.03. The van der Waals surface area contributed by atoms with Crippen LogP contribution in [0.3, 0.4) is 0 Å². The Morgan fingerprint density at radius 1 is 1.32 bits per heavy atom. The second-order valence-electron chi connectivity index (χ2n) is 4.27. The van der Waals surface area contributed by atoms with Gasteiger partial charge in [0.2, 0.25) is 0 Å². The molecule has 0 amide bonds. The molecule has 1 atom stereocenters. The highest BCUT2D eigenvalue weighted by molar-refractivity contribution is 7.05. The predicted molar refractivity (Wildman–Crippen MR) is 75.6 cm³/mol. The Morgan fingerprint density at radius 3 is 2.95 bits per heavy atom. The van der Waals surface area contributed by atoms with Gasteiger partial charge >= 0.3 is 0 Å². The molecule has 0 saturated carbocycles. The highest BCUT2D eigenvalue weighted by Gasteiger charge is 2.19. The summed E-state index contributed by atoms with van der Waals surface area (Å²) in [5, 5.41) is 6.27. The van der Waals surface area contributed by atoms with Crippen molar-refractivity contribution < 1.29 is 0 Å². The molecule has 3 aromatic rings. The molecule has 2 aromatic heterocycles. The number of hydrogen-bond donors (Lipinski definition) is 2. The summed E-state index contributed by atoms with van der Waals surface area (Å²) in [5.74, 6) is 5.74. The molecular weight excluding hydrogens is 258 g/mol. The van der Waals surface area contributed by atoms with E-state index in [2.05, 4.69) is 26.1 Å². The third-order valence-electron chi connectivity index (χ3n) is 3.14. The zero-order valence-corrected chi connectivity index (χ0v) is 11.2. The van der Waals surface area contributed by atoms with E-state index in [0.29, 0.717) is 0 Å². The Morgan fingerprint density at radius 2 is 2.21 bits per heavy atom. The molecule has 0 spiro atoms. The number of aryl methyl sites for hydroxylation is 1. The molecule has 0 aliphatic heterocycles. The van der Waals surface area contributed by atoms with E-state index in [1.54, 1.807) is 6.20 Å². The van der Waals surface area contributed by atoms with Gasteiger partial charge in [-0.3, -0.25) is 10.8 Å². The van der Waals surface area contributed by atoms with Gasteiger partial charge in [0.25, 0.3) is 0 Å². The van der Waals surface area contributed by atoms with Gasteiger partial charge < -0.3 is 0 Å². The Balaban J connectivity index is 2.20. The molecule has 3 N–H and O–H groups in total. The van der Waals surface area contributed by atoms with Crippen molar-refractivity contribution in [1.29, 1.82) is 0 Å². The normalized spacial score (nSPS) is 12.7. The Bertz CT molecular complexity index is 704. The van der Waals surface area contributed by atoms with Crippen LogP contribution < -0.4 is 11.3 Å². The average Bonchev–Trinajstić information content (AvgIpc) is 2.86. The summed E-state index contributed by atoms with van der Waals surface area (Å²) in [6.07, 6.45) is 3.65. The van der Waals surface area contributed by atoms with Crippen LogP contribution in [0.4, 0.5) is 0 Å². The van der Waals surface area contributed by atoms with Crippen molar-refractivity contribution in [3.8, 4) is 0 Å². The molecule has 3 rings (SSSR count). The van der Waals surface area contributed by atoms with E-state index in [1.807, 2.05) is 31.3 Å². The number of nitrogens with two attached hydrogens (primary N) is 1. The lowest BCUT2D eigenvalue weighted by Gasteiger charge is -2.16. The average molecular weight is 271 g/mol. The maximum absolute atomic E-state index is 5.74. The number of nitrogens with one attached hydrogen (secondary N) is 1. The van der Waals surface area contributed by atoms with Crippen molar-refractivity contribution in [2.24, 2.45) is 5.84 Å². The van der Waals surface area contributed by atoms with E-state index in [9.17, 15) is 0 Å². The van der Waals surface area contributed by atoms with E-state index in [0.717, 1.165) is 26.9 Å². The minimum absolute atomic E-state index is 0.118. The van der Waals surface area contributed by atoms with Gasteiger partial charge in [0.1, 0.15) is 0 Å². The minimum atomic E-state index is -0.118. The topological polar surface area (TPSA) is 76.7 Å².